The van der Waals surface area contributed by atoms with E-state index in [1.165, 1.54) is 0 Å². The van der Waals surface area contributed by atoms with Crippen molar-refractivity contribution >= 4 is 10.0 Å². The Morgan fingerprint density at radius 2 is 2.00 bits per heavy atom. The van der Waals surface area contributed by atoms with Crippen LogP contribution in [0.15, 0.2) is 24.3 Å². The van der Waals surface area contributed by atoms with Gasteiger partial charge in [0, 0.05) is 6.54 Å². The minimum atomic E-state index is -3.12. The van der Waals surface area contributed by atoms with Crippen LogP contribution >= 0.6 is 0 Å². The molecule has 15 heavy (non-hydrogen) atoms. The normalized spacial score (nSPS) is 11.3. The van der Waals surface area contributed by atoms with Gasteiger partial charge in [0.05, 0.1) is 6.26 Å². The predicted molar refractivity (Wildman–Crippen MR) is 59.5 cm³/mol. The predicted octanol–water partition coefficient (Wildman–Crippen LogP) is 0.923. The highest BCUT2D eigenvalue weighted by Crippen LogP contribution is 2.15. The summed E-state index contributed by atoms with van der Waals surface area (Å²) in [4.78, 5) is 0. The Labute approximate surface area is 90.3 Å². The van der Waals surface area contributed by atoms with Gasteiger partial charge in [-0.3, -0.25) is 0 Å². The van der Waals surface area contributed by atoms with E-state index in [4.69, 9.17) is 4.74 Å². The molecule has 0 radical (unpaired) electrons. The number of benzene rings is 1. The van der Waals surface area contributed by atoms with Crippen LogP contribution in [0, 0.1) is 6.92 Å². The highest BCUT2D eigenvalue weighted by Gasteiger charge is 2.00. The molecule has 0 aliphatic carbocycles. The molecule has 0 aliphatic heterocycles. The fourth-order valence-electron chi connectivity index (χ4n) is 1.11. The largest absolute Gasteiger partial charge is 0.492 e. The maximum atomic E-state index is 10.7. The van der Waals surface area contributed by atoms with Gasteiger partial charge in [0.1, 0.15) is 12.4 Å². The van der Waals surface area contributed by atoms with E-state index < -0.39 is 10.0 Å². The van der Waals surface area contributed by atoms with Gasteiger partial charge in [-0.1, -0.05) is 18.2 Å². The molecule has 0 amide bonds. The van der Waals surface area contributed by atoms with Gasteiger partial charge >= 0.3 is 0 Å². The quantitative estimate of drug-likeness (QED) is 0.764. The Morgan fingerprint density at radius 1 is 1.33 bits per heavy atom. The maximum Gasteiger partial charge on any atom is 0.208 e. The SMILES string of the molecule is Cc1ccccc1OCCNS(C)(=O)=O. The molecule has 0 fully saturated rings. The van der Waals surface area contributed by atoms with Crippen molar-refractivity contribution in [1.82, 2.24) is 4.72 Å². The molecular formula is C10H15NO3S. The van der Waals surface area contributed by atoms with Gasteiger partial charge in [0.2, 0.25) is 10.0 Å². The summed E-state index contributed by atoms with van der Waals surface area (Å²) in [5.41, 5.74) is 1.04. The molecular weight excluding hydrogens is 214 g/mol. The van der Waals surface area contributed by atoms with Gasteiger partial charge in [-0.2, -0.15) is 0 Å². The van der Waals surface area contributed by atoms with Gasteiger partial charge in [-0.25, -0.2) is 13.1 Å². The van der Waals surface area contributed by atoms with Crippen molar-refractivity contribution in [3.8, 4) is 5.75 Å². The lowest BCUT2D eigenvalue weighted by atomic mass is 10.2. The van der Waals surface area contributed by atoms with Crippen LogP contribution in [0.3, 0.4) is 0 Å². The van der Waals surface area contributed by atoms with Crippen molar-refractivity contribution < 1.29 is 13.2 Å². The molecule has 1 aromatic rings. The second-order valence-electron chi connectivity index (χ2n) is 3.28. The number of nitrogens with one attached hydrogen (secondary N) is 1. The van der Waals surface area contributed by atoms with Crippen LogP contribution < -0.4 is 9.46 Å². The van der Waals surface area contributed by atoms with Gasteiger partial charge < -0.3 is 4.74 Å². The first-order chi connectivity index (χ1) is 6.99. The Kier molecular flexibility index (Phi) is 4.11. The highest BCUT2D eigenvalue weighted by atomic mass is 32.2. The van der Waals surface area contributed by atoms with E-state index in [0.29, 0.717) is 6.61 Å². The van der Waals surface area contributed by atoms with Crippen LogP contribution in [0.4, 0.5) is 0 Å². The molecule has 0 saturated heterocycles. The number of hydrogen-bond acceptors (Lipinski definition) is 3. The first kappa shape index (κ1) is 12.0. The van der Waals surface area contributed by atoms with Crippen LogP contribution in [-0.2, 0) is 10.0 Å². The summed E-state index contributed by atoms with van der Waals surface area (Å²) in [5, 5.41) is 0. The molecule has 0 unspecified atom stereocenters. The summed E-state index contributed by atoms with van der Waals surface area (Å²) in [6, 6.07) is 7.61. The number of aryl methyl sites for hydroxylation is 1. The van der Waals surface area contributed by atoms with E-state index in [0.717, 1.165) is 17.6 Å². The lowest BCUT2D eigenvalue weighted by Crippen LogP contribution is -2.26. The third-order valence-electron chi connectivity index (χ3n) is 1.82. The summed E-state index contributed by atoms with van der Waals surface area (Å²) in [6.07, 6.45) is 1.13. The highest BCUT2D eigenvalue weighted by molar-refractivity contribution is 7.88. The summed E-state index contributed by atoms with van der Waals surface area (Å²) in [5.74, 6) is 0.785. The smallest absolute Gasteiger partial charge is 0.208 e. The lowest BCUT2D eigenvalue weighted by Gasteiger charge is -2.08. The first-order valence-corrected chi connectivity index (χ1v) is 6.51. The molecule has 0 aliphatic rings. The molecule has 1 N–H and O–H groups in total. The fraction of sp³-hybridized carbons (Fsp3) is 0.400. The zero-order chi connectivity index (χ0) is 11.3. The number of para-hydroxylation sites is 1. The Morgan fingerprint density at radius 3 is 2.60 bits per heavy atom. The van der Waals surface area contributed by atoms with Crippen LogP contribution in [0.25, 0.3) is 0 Å². The van der Waals surface area contributed by atoms with E-state index in [2.05, 4.69) is 4.72 Å². The van der Waals surface area contributed by atoms with Gasteiger partial charge in [0.25, 0.3) is 0 Å². The van der Waals surface area contributed by atoms with Crippen molar-refractivity contribution in [2.24, 2.45) is 0 Å². The molecule has 0 heterocycles. The minimum absolute atomic E-state index is 0.285. The zero-order valence-electron chi connectivity index (χ0n) is 8.86. The molecule has 0 spiro atoms. The average molecular weight is 229 g/mol. The van der Waals surface area contributed by atoms with Gasteiger partial charge in [0.15, 0.2) is 0 Å². The molecule has 0 atom stereocenters. The van der Waals surface area contributed by atoms with E-state index >= 15 is 0 Å². The Balaban J connectivity index is 2.36. The summed E-state index contributed by atoms with van der Waals surface area (Å²) in [7, 11) is -3.12. The van der Waals surface area contributed by atoms with Crippen LogP contribution in [-0.4, -0.2) is 27.8 Å². The minimum Gasteiger partial charge on any atom is -0.492 e. The number of rotatable bonds is 5. The van der Waals surface area contributed by atoms with E-state index in [-0.39, 0.29) is 6.54 Å². The van der Waals surface area contributed by atoms with Crippen molar-refractivity contribution in [3.63, 3.8) is 0 Å². The molecule has 5 heteroatoms. The average Bonchev–Trinajstić information content (AvgIpc) is 2.13. The lowest BCUT2D eigenvalue weighted by molar-refractivity contribution is 0.321. The maximum absolute atomic E-state index is 10.7. The van der Waals surface area contributed by atoms with Crippen LogP contribution in [0.5, 0.6) is 5.75 Å². The molecule has 84 valence electrons. The zero-order valence-corrected chi connectivity index (χ0v) is 9.67. The molecule has 1 rings (SSSR count). The number of hydrogen-bond donors (Lipinski definition) is 1. The van der Waals surface area contributed by atoms with Crippen molar-refractivity contribution in [2.45, 2.75) is 6.92 Å². The number of sulfonamides is 1. The first-order valence-electron chi connectivity index (χ1n) is 4.62. The fourth-order valence-corrected chi connectivity index (χ4v) is 1.56. The summed E-state index contributed by atoms with van der Waals surface area (Å²) in [6.45, 7) is 2.56. The molecule has 4 nitrogen and oxygen atoms in total. The Hall–Kier alpha value is -1.07. The molecule has 0 saturated carbocycles. The third kappa shape index (κ3) is 4.80. The van der Waals surface area contributed by atoms with Crippen molar-refractivity contribution in [3.05, 3.63) is 29.8 Å². The molecule has 1 aromatic carbocycles. The number of ether oxygens (including phenoxy) is 1. The van der Waals surface area contributed by atoms with Crippen molar-refractivity contribution in [2.75, 3.05) is 19.4 Å². The van der Waals surface area contributed by atoms with Gasteiger partial charge in [-0.05, 0) is 18.6 Å². The third-order valence-corrected chi connectivity index (χ3v) is 2.55. The second kappa shape index (κ2) is 5.14. The van der Waals surface area contributed by atoms with Gasteiger partial charge in [-0.15, -0.1) is 0 Å². The Bertz CT molecular complexity index is 414. The van der Waals surface area contributed by atoms with E-state index in [9.17, 15) is 8.42 Å². The molecule has 0 bridgehead atoms. The van der Waals surface area contributed by atoms with Crippen LogP contribution in [0.2, 0.25) is 0 Å². The van der Waals surface area contributed by atoms with Crippen LogP contribution in [0.1, 0.15) is 5.56 Å². The summed E-state index contributed by atoms with van der Waals surface area (Å²) >= 11 is 0. The van der Waals surface area contributed by atoms with E-state index in [1.54, 1.807) is 0 Å². The monoisotopic (exact) mass is 229 g/mol. The van der Waals surface area contributed by atoms with Crippen molar-refractivity contribution in [1.29, 1.82) is 0 Å². The summed E-state index contributed by atoms with van der Waals surface area (Å²) < 4.78 is 29.2. The van der Waals surface area contributed by atoms with E-state index in [1.807, 2.05) is 31.2 Å². The topological polar surface area (TPSA) is 55.4 Å². The second-order valence-corrected chi connectivity index (χ2v) is 5.11. The standard InChI is InChI=1S/C10H15NO3S/c1-9-5-3-4-6-10(9)14-8-7-11-15(2,12)13/h3-6,11H,7-8H2,1-2H3. The molecule has 0 aromatic heterocycles.